The predicted octanol–water partition coefficient (Wildman–Crippen LogP) is 1.55. The Morgan fingerprint density at radius 1 is 1.33 bits per heavy atom. The Balaban J connectivity index is 2.28. The number of benzene rings is 1. The van der Waals surface area contributed by atoms with Gasteiger partial charge in [0.1, 0.15) is 13.2 Å². The first-order valence-electron chi connectivity index (χ1n) is 4.61. The highest BCUT2D eigenvalue weighted by Crippen LogP contribution is 2.30. The van der Waals surface area contributed by atoms with Gasteiger partial charge in [-0.3, -0.25) is 4.79 Å². The highest BCUT2D eigenvalue weighted by Gasteiger charge is 2.14. The molecule has 76 valence electrons. The second-order valence-electron chi connectivity index (χ2n) is 3.12. The maximum atomic E-state index is 11.4. The number of fused-ring (bicyclic) bond motifs is 1. The van der Waals surface area contributed by atoms with Gasteiger partial charge in [-0.15, -0.1) is 0 Å². The van der Waals surface area contributed by atoms with Crippen molar-refractivity contribution in [3.8, 4) is 17.6 Å². The molecule has 0 unspecified atom stereocenters. The number of ketones is 1. The number of ether oxygens (including phenoxy) is 2. The molecule has 1 aromatic carbocycles. The number of rotatable bonds is 2. The topological polar surface area (TPSA) is 59.3 Å². The molecule has 1 aliphatic heterocycles. The number of nitrogens with zero attached hydrogens (tertiary/aromatic N) is 1. The van der Waals surface area contributed by atoms with E-state index >= 15 is 0 Å². The summed E-state index contributed by atoms with van der Waals surface area (Å²) in [5.41, 5.74) is 0.487. The summed E-state index contributed by atoms with van der Waals surface area (Å²) in [5.74, 6) is 1.02. The van der Waals surface area contributed by atoms with Gasteiger partial charge in [-0.1, -0.05) is 0 Å². The molecule has 0 aromatic heterocycles. The number of carbonyl (C=O) groups is 1. The third kappa shape index (κ3) is 1.91. The minimum absolute atomic E-state index is 0.111. The van der Waals surface area contributed by atoms with E-state index in [1.54, 1.807) is 18.2 Å². The zero-order chi connectivity index (χ0) is 10.7. The van der Waals surface area contributed by atoms with Gasteiger partial charge in [0.15, 0.2) is 17.3 Å². The number of carbonyl (C=O) groups excluding carboxylic acids is 1. The van der Waals surface area contributed by atoms with Crippen LogP contribution in [-0.4, -0.2) is 19.0 Å². The molecule has 0 aliphatic carbocycles. The molecule has 0 atom stereocenters. The van der Waals surface area contributed by atoms with Crippen LogP contribution in [0.2, 0.25) is 0 Å². The van der Waals surface area contributed by atoms with Gasteiger partial charge in [-0.05, 0) is 18.2 Å². The fourth-order valence-electron chi connectivity index (χ4n) is 1.39. The molecule has 0 fully saturated rings. The maximum absolute atomic E-state index is 11.4. The molecule has 0 saturated carbocycles. The molecule has 0 N–H and O–H groups in total. The quantitative estimate of drug-likeness (QED) is 0.684. The van der Waals surface area contributed by atoms with Crippen LogP contribution >= 0.6 is 0 Å². The van der Waals surface area contributed by atoms with E-state index in [9.17, 15) is 4.79 Å². The van der Waals surface area contributed by atoms with Gasteiger partial charge >= 0.3 is 0 Å². The van der Waals surface area contributed by atoms with Gasteiger partial charge in [0.25, 0.3) is 0 Å². The minimum atomic E-state index is -0.200. The monoisotopic (exact) mass is 203 g/mol. The Morgan fingerprint density at radius 3 is 2.80 bits per heavy atom. The average Bonchev–Trinajstić information content (AvgIpc) is 2.29. The summed E-state index contributed by atoms with van der Waals surface area (Å²) in [6.45, 7) is 1.02. The molecule has 0 spiro atoms. The van der Waals surface area contributed by atoms with E-state index in [-0.39, 0.29) is 12.2 Å². The molecule has 0 saturated heterocycles. The minimum Gasteiger partial charge on any atom is -0.486 e. The van der Waals surface area contributed by atoms with Crippen LogP contribution in [0.5, 0.6) is 11.5 Å². The highest BCUT2D eigenvalue weighted by molar-refractivity contribution is 5.97. The van der Waals surface area contributed by atoms with Crippen molar-refractivity contribution in [3.63, 3.8) is 0 Å². The third-order valence-electron chi connectivity index (χ3n) is 2.10. The Labute approximate surface area is 87.0 Å². The van der Waals surface area contributed by atoms with Crippen molar-refractivity contribution in [2.24, 2.45) is 0 Å². The van der Waals surface area contributed by atoms with Crippen molar-refractivity contribution in [2.45, 2.75) is 6.42 Å². The van der Waals surface area contributed by atoms with E-state index in [4.69, 9.17) is 14.7 Å². The Morgan fingerprint density at radius 2 is 2.07 bits per heavy atom. The zero-order valence-electron chi connectivity index (χ0n) is 8.03. The van der Waals surface area contributed by atoms with E-state index in [0.29, 0.717) is 30.3 Å². The Bertz CT molecular complexity index is 434. The van der Waals surface area contributed by atoms with Crippen molar-refractivity contribution in [2.75, 3.05) is 13.2 Å². The van der Waals surface area contributed by atoms with Crippen LogP contribution in [0.1, 0.15) is 16.8 Å². The summed E-state index contributed by atoms with van der Waals surface area (Å²) in [7, 11) is 0. The Hall–Kier alpha value is -2.02. The lowest BCUT2D eigenvalue weighted by molar-refractivity contribution is 0.0996. The van der Waals surface area contributed by atoms with Crippen LogP contribution < -0.4 is 9.47 Å². The van der Waals surface area contributed by atoms with Crippen LogP contribution in [0.4, 0.5) is 0 Å². The summed E-state index contributed by atoms with van der Waals surface area (Å²) in [5, 5.41) is 8.41. The summed E-state index contributed by atoms with van der Waals surface area (Å²) in [6, 6.07) is 6.78. The molecule has 2 rings (SSSR count). The lowest BCUT2D eigenvalue weighted by Crippen LogP contribution is -2.15. The van der Waals surface area contributed by atoms with Crippen LogP contribution in [-0.2, 0) is 0 Å². The first kappa shape index (κ1) is 9.53. The summed E-state index contributed by atoms with van der Waals surface area (Å²) in [4.78, 5) is 11.4. The molecule has 1 aliphatic rings. The van der Waals surface area contributed by atoms with Gasteiger partial charge in [-0.25, -0.2) is 0 Å². The molecule has 1 heterocycles. The van der Waals surface area contributed by atoms with Gasteiger partial charge in [0.2, 0.25) is 0 Å². The van der Waals surface area contributed by atoms with Crippen molar-refractivity contribution in [1.29, 1.82) is 5.26 Å². The summed E-state index contributed by atoms with van der Waals surface area (Å²) in [6.07, 6.45) is -0.111. The number of nitriles is 1. The van der Waals surface area contributed by atoms with Gasteiger partial charge in [0, 0.05) is 5.56 Å². The van der Waals surface area contributed by atoms with Gasteiger partial charge in [0.05, 0.1) is 12.5 Å². The van der Waals surface area contributed by atoms with E-state index in [1.165, 1.54) is 0 Å². The van der Waals surface area contributed by atoms with Crippen molar-refractivity contribution in [1.82, 2.24) is 0 Å². The van der Waals surface area contributed by atoms with Crippen LogP contribution in [0, 0.1) is 11.3 Å². The first-order chi connectivity index (χ1) is 7.31. The molecule has 4 heteroatoms. The molecular formula is C11H9NO3. The zero-order valence-corrected chi connectivity index (χ0v) is 8.03. The number of hydrogen-bond donors (Lipinski definition) is 0. The van der Waals surface area contributed by atoms with E-state index in [2.05, 4.69) is 0 Å². The first-order valence-corrected chi connectivity index (χ1v) is 4.61. The largest absolute Gasteiger partial charge is 0.486 e. The van der Waals surface area contributed by atoms with Crippen molar-refractivity contribution < 1.29 is 14.3 Å². The molecule has 0 amide bonds. The smallest absolute Gasteiger partial charge is 0.177 e. The maximum Gasteiger partial charge on any atom is 0.177 e. The number of hydrogen-bond acceptors (Lipinski definition) is 4. The van der Waals surface area contributed by atoms with Crippen molar-refractivity contribution >= 4 is 5.78 Å². The van der Waals surface area contributed by atoms with Crippen LogP contribution in [0.3, 0.4) is 0 Å². The third-order valence-corrected chi connectivity index (χ3v) is 2.10. The molecule has 1 aromatic rings. The predicted molar refractivity (Wildman–Crippen MR) is 52.0 cm³/mol. The van der Waals surface area contributed by atoms with E-state index in [1.807, 2.05) is 6.07 Å². The fraction of sp³-hybridized carbons (Fsp3) is 0.273. The standard InChI is InChI=1S/C11H9NO3/c12-4-3-9(13)8-1-2-10-11(7-8)15-6-5-14-10/h1-2,7H,3,5-6H2. The fourth-order valence-corrected chi connectivity index (χ4v) is 1.39. The normalized spacial score (nSPS) is 13.0. The summed E-state index contributed by atoms with van der Waals surface area (Å²) >= 11 is 0. The SMILES string of the molecule is N#CCC(=O)c1ccc2c(c1)OCCO2. The molecule has 4 nitrogen and oxygen atoms in total. The van der Waals surface area contributed by atoms with Crippen molar-refractivity contribution in [3.05, 3.63) is 23.8 Å². The van der Waals surface area contributed by atoms with Gasteiger partial charge < -0.3 is 9.47 Å². The molecular weight excluding hydrogens is 194 g/mol. The molecule has 0 bridgehead atoms. The average molecular weight is 203 g/mol. The second-order valence-corrected chi connectivity index (χ2v) is 3.12. The van der Waals surface area contributed by atoms with E-state index in [0.717, 1.165) is 0 Å². The lowest BCUT2D eigenvalue weighted by Gasteiger charge is -2.18. The second kappa shape index (κ2) is 4.01. The van der Waals surface area contributed by atoms with Gasteiger partial charge in [-0.2, -0.15) is 5.26 Å². The molecule has 0 radical (unpaired) electrons. The summed E-state index contributed by atoms with van der Waals surface area (Å²) < 4.78 is 10.6. The Kier molecular flexibility index (Phi) is 2.55. The van der Waals surface area contributed by atoms with Crippen LogP contribution in [0.15, 0.2) is 18.2 Å². The molecule has 15 heavy (non-hydrogen) atoms. The van der Waals surface area contributed by atoms with Crippen LogP contribution in [0.25, 0.3) is 0 Å². The van der Waals surface area contributed by atoms with E-state index < -0.39 is 0 Å². The lowest BCUT2D eigenvalue weighted by atomic mass is 10.1. The highest BCUT2D eigenvalue weighted by atomic mass is 16.6. The number of Topliss-reactive ketones (excluding diaryl/α,β-unsaturated/α-hetero) is 1.